The van der Waals surface area contributed by atoms with Gasteiger partial charge in [-0.2, -0.15) is 0 Å². The summed E-state index contributed by atoms with van der Waals surface area (Å²) >= 11 is 5.44. The smallest absolute Gasteiger partial charge is 0.178 e. The van der Waals surface area contributed by atoms with Crippen molar-refractivity contribution in [2.45, 2.75) is 18.9 Å². The fourth-order valence-corrected chi connectivity index (χ4v) is 2.89. The van der Waals surface area contributed by atoms with E-state index in [4.69, 9.17) is 21.7 Å². The van der Waals surface area contributed by atoms with Crippen LogP contribution in [-0.4, -0.2) is 29.9 Å². The van der Waals surface area contributed by atoms with Gasteiger partial charge < -0.3 is 19.0 Å². The van der Waals surface area contributed by atoms with E-state index in [-0.39, 0.29) is 0 Å². The Bertz CT molecular complexity index is 611. The van der Waals surface area contributed by atoms with Crippen LogP contribution in [0.15, 0.2) is 18.2 Å². The minimum absolute atomic E-state index is 0.423. The molecule has 0 amide bonds. The quantitative estimate of drug-likeness (QED) is 0.847. The van der Waals surface area contributed by atoms with Gasteiger partial charge in [-0.05, 0) is 37.2 Å². The lowest BCUT2D eigenvalue weighted by Gasteiger charge is -2.24. The Balaban J connectivity index is 2.13. The van der Waals surface area contributed by atoms with Crippen LogP contribution in [0, 0.1) is 4.77 Å². The number of fused-ring (bicyclic) bond motifs is 1. The fraction of sp³-hybridized carbons (Fsp3) is 0.462. The molecule has 0 unspecified atom stereocenters. The topological polar surface area (TPSA) is 39.2 Å². The van der Waals surface area contributed by atoms with E-state index in [1.807, 2.05) is 18.2 Å². The number of H-pyrrole nitrogens is 1. The summed E-state index contributed by atoms with van der Waals surface area (Å²) in [5.41, 5.74) is 2.18. The summed E-state index contributed by atoms with van der Waals surface area (Å²) in [7, 11) is 1.68. The first kappa shape index (κ1) is 11.7. The van der Waals surface area contributed by atoms with E-state index in [2.05, 4.69) is 9.55 Å². The zero-order valence-corrected chi connectivity index (χ0v) is 11.1. The number of imidazole rings is 1. The lowest BCUT2D eigenvalue weighted by atomic mass is 10.1. The second-order valence-corrected chi connectivity index (χ2v) is 4.91. The van der Waals surface area contributed by atoms with E-state index in [9.17, 15) is 0 Å². The van der Waals surface area contributed by atoms with Gasteiger partial charge in [0.2, 0.25) is 0 Å². The summed E-state index contributed by atoms with van der Waals surface area (Å²) in [5.74, 6) is 0.859. The zero-order chi connectivity index (χ0) is 12.5. The summed E-state index contributed by atoms with van der Waals surface area (Å²) in [6.07, 6.45) is 2.02. The third-order valence-corrected chi connectivity index (χ3v) is 3.78. The van der Waals surface area contributed by atoms with E-state index >= 15 is 0 Å². The summed E-state index contributed by atoms with van der Waals surface area (Å²) in [4.78, 5) is 3.26. The first-order valence-electron chi connectivity index (χ1n) is 6.15. The Kier molecular flexibility index (Phi) is 3.09. The van der Waals surface area contributed by atoms with Crippen molar-refractivity contribution in [2.75, 3.05) is 20.3 Å². The van der Waals surface area contributed by atoms with Gasteiger partial charge in [-0.25, -0.2) is 0 Å². The molecule has 0 bridgehead atoms. The number of hydrogen-bond acceptors (Lipinski definition) is 3. The van der Waals surface area contributed by atoms with Gasteiger partial charge in [0.15, 0.2) is 4.77 Å². The number of aromatic amines is 1. The molecule has 1 aliphatic heterocycles. The molecule has 0 atom stereocenters. The molecule has 2 aromatic rings. The molecule has 1 aromatic heterocycles. The van der Waals surface area contributed by atoms with Crippen LogP contribution in [0.2, 0.25) is 0 Å². The lowest BCUT2D eigenvalue weighted by molar-refractivity contribution is 0.0702. The first-order chi connectivity index (χ1) is 8.79. The fourth-order valence-electron chi connectivity index (χ4n) is 2.53. The van der Waals surface area contributed by atoms with E-state index in [0.29, 0.717) is 6.04 Å². The number of nitrogens with one attached hydrogen (secondary N) is 1. The maximum atomic E-state index is 5.44. The average Bonchev–Trinajstić information content (AvgIpc) is 2.74. The standard InChI is InChI=1S/C13H16N2O2S/c1-16-10-2-3-11-12(8-10)15(13(18)14-11)9-4-6-17-7-5-9/h2-3,8-9H,4-7H2,1H3,(H,14,18). The lowest BCUT2D eigenvalue weighted by Crippen LogP contribution is -2.19. The number of ether oxygens (including phenoxy) is 2. The highest BCUT2D eigenvalue weighted by Crippen LogP contribution is 2.28. The minimum Gasteiger partial charge on any atom is -0.497 e. The number of hydrogen-bond donors (Lipinski definition) is 1. The van der Waals surface area contributed by atoms with Crippen LogP contribution in [0.4, 0.5) is 0 Å². The third kappa shape index (κ3) is 1.93. The van der Waals surface area contributed by atoms with Gasteiger partial charge in [0.05, 0.1) is 18.1 Å². The number of aromatic nitrogens is 2. The largest absolute Gasteiger partial charge is 0.497 e. The summed E-state index contributed by atoms with van der Waals surface area (Å²) < 4.78 is 13.7. The molecule has 1 fully saturated rings. The second kappa shape index (κ2) is 4.74. The Hall–Kier alpha value is -1.33. The maximum absolute atomic E-state index is 5.44. The van der Waals surface area contributed by atoms with Crippen LogP contribution in [0.1, 0.15) is 18.9 Å². The van der Waals surface area contributed by atoms with E-state index in [1.54, 1.807) is 7.11 Å². The number of nitrogens with zero attached hydrogens (tertiary/aromatic N) is 1. The van der Waals surface area contributed by atoms with Crippen LogP contribution in [0.5, 0.6) is 5.75 Å². The van der Waals surface area contributed by atoms with Crippen molar-refractivity contribution in [1.82, 2.24) is 9.55 Å². The van der Waals surface area contributed by atoms with Crippen molar-refractivity contribution < 1.29 is 9.47 Å². The van der Waals surface area contributed by atoms with Crippen LogP contribution in [0.25, 0.3) is 11.0 Å². The van der Waals surface area contributed by atoms with Crippen molar-refractivity contribution in [3.05, 3.63) is 23.0 Å². The van der Waals surface area contributed by atoms with Crippen molar-refractivity contribution in [3.8, 4) is 5.75 Å². The molecule has 0 radical (unpaired) electrons. The van der Waals surface area contributed by atoms with Crippen molar-refractivity contribution in [2.24, 2.45) is 0 Å². The molecule has 1 aliphatic rings. The molecule has 5 heteroatoms. The van der Waals surface area contributed by atoms with Crippen molar-refractivity contribution >= 4 is 23.3 Å². The predicted molar refractivity (Wildman–Crippen MR) is 72.8 cm³/mol. The molecule has 1 saturated heterocycles. The van der Waals surface area contributed by atoms with E-state index in [0.717, 1.165) is 47.6 Å². The highest BCUT2D eigenvalue weighted by Gasteiger charge is 2.19. The molecule has 2 heterocycles. The van der Waals surface area contributed by atoms with Gasteiger partial charge in [-0.3, -0.25) is 0 Å². The van der Waals surface area contributed by atoms with Crippen LogP contribution in [0.3, 0.4) is 0 Å². The Morgan fingerprint density at radius 3 is 2.89 bits per heavy atom. The van der Waals surface area contributed by atoms with Crippen molar-refractivity contribution in [3.63, 3.8) is 0 Å². The summed E-state index contributed by atoms with van der Waals surface area (Å²) in [5, 5.41) is 0. The molecule has 18 heavy (non-hydrogen) atoms. The summed E-state index contributed by atoms with van der Waals surface area (Å²) in [6, 6.07) is 6.42. The molecule has 1 N–H and O–H groups in total. The molecular weight excluding hydrogens is 248 g/mol. The average molecular weight is 264 g/mol. The Morgan fingerprint density at radius 2 is 2.17 bits per heavy atom. The van der Waals surface area contributed by atoms with Gasteiger partial charge >= 0.3 is 0 Å². The molecule has 96 valence electrons. The van der Waals surface area contributed by atoms with Crippen molar-refractivity contribution in [1.29, 1.82) is 0 Å². The Labute approximate surface area is 111 Å². The first-order valence-corrected chi connectivity index (χ1v) is 6.56. The number of methoxy groups -OCH3 is 1. The molecule has 0 saturated carbocycles. The van der Waals surface area contributed by atoms with Gasteiger partial charge in [-0.15, -0.1) is 0 Å². The van der Waals surface area contributed by atoms with Gasteiger partial charge in [0.25, 0.3) is 0 Å². The van der Waals surface area contributed by atoms with Gasteiger partial charge in [0.1, 0.15) is 5.75 Å². The third-order valence-electron chi connectivity index (χ3n) is 3.48. The molecule has 0 aliphatic carbocycles. The van der Waals surface area contributed by atoms with Gasteiger partial charge in [-0.1, -0.05) is 0 Å². The van der Waals surface area contributed by atoms with E-state index in [1.165, 1.54) is 0 Å². The molecule has 0 spiro atoms. The predicted octanol–water partition coefficient (Wildman–Crippen LogP) is 3.06. The molecule has 1 aromatic carbocycles. The highest BCUT2D eigenvalue weighted by atomic mass is 32.1. The zero-order valence-electron chi connectivity index (χ0n) is 10.3. The number of rotatable bonds is 2. The molecule has 3 rings (SSSR count). The van der Waals surface area contributed by atoms with E-state index < -0.39 is 0 Å². The van der Waals surface area contributed by atoms with Crippen LogP contribution < -0.4 is 4.74 Å². The molecule has 4 nitrogen and oxygen atoms in total. The SMILES string of the molecule is COc1ccc2[nH]c(=S)n(C3CCOCC3)c2c1. The van der Waals surface area contributed by atoms with Gasteiger partial charge in [0, 0.05) is 25.3 Å². The van der Waals surface area contributed by atoms with Crippen LogP contribution in [-0.2, 0) is 4.74 Å². The summed E-state index contributed by atoms with van der Waals surface area (Å²) in [6.45, 7) is 1.62. The second-order valence-electron chi connectivity index (χ2n) is 4.53. The highest BCUT2D eigenvalue weighted by molar-refractivity contribution is 7.71. The molecular formula is C13H16N2O2S. The normalized spacial score (nSPS) is 17.2. The minimum atomic E-state index is 0.423. The Morgan fingerprint density at radius 1 is 1.39 bits per heavy atom. The maximum Gasteiger partial charge on any atom is 0.178 e. The monoisotopic (exact) mass is 264 g/mol. The number of benzene rings is 1. The van der Waals surface area contributed by atoms with Crippen LogP contribution >= 0.6 is 12.2 Å².